The van der Waals surface area contributed by atoms with Crippen LogP contribution < -0.4 is 4.90 Å². The molecule has 0 unspecified atom stereocenters. The van der Waals surface area contributed by atoms with Gasteiger partial charge in [0, 0.05) is 24.8 Å². The third-order valence-corrected chi connectivity index (χ3v) is 2.22. The minimum atomic E-state index is -0.00981. The van der Waals surface area contributed by atoms with Crippen LogP contribution in [0.2, 0.25) is 0 Å². The molecule has 0 bridgehead atoms. The summed E-state index contributed by atoms with van der Waals surface area (Å²) in [5.74, 6) is -0.00981. The molecule has 0 saturated heterocycles. The fourth-order valence-corrected chi connectivity index (χ4v) is 1.39. The van der Waals surface area contributed by atoms with E-state index in [0.29, 0.717) is 0 Å². The number of hydrogen-bond donors (Lipinski definition) is 1. The molecule has 0 saturated carbocycles. The number of nitrogens with zero attached hydrogens (tertiary/aromatic N) is 1. The normalized spacial score (nSPS) is 9.86. The van der Waals surface area contributed by atoms with Crippen molar-refractivity contribution in [1.29, 1.82) is 0 Å². The molecule has 0 aromatic heterocycles. The molecule has 0 heterocycles. The van der Waals surface area contributed by atoms with Gasteiger partial charge in [0.15, 0.2) is 0 Å². The van der Waals surface area contributed by atoms with Gasteiger partial charge >= 0.3 is 0 Å². The summed E-state index contributed by atoms with van der Waals surface area (Å²) in [6.45, 7) is 5.83. The van der Waals surface area contributed by atoms with Crippen LogP contribution in [0.4, 0.5) is 5.69 Å². The van der Waals surface area contributed by atoms with Gasteiger partial charge in [-0.15, -0.1) is 0 Å². The van der Waals surface area contributed by atoms with Gasteiger partial charge in [-0.3, -0.25) is 4.79 Å². The van der Waals surface area contributed by atoms with Gasteiger partial charge in [0.05, 0.1) is 5.56 Å². The maximum atomic E-state index is 10.3. The van der Waals surface area contributed by atoms with Crippen LogP contribution in [-0.4, -0.2) is 24.5 Å². The van der Waals surface area contributed by atoms with Crippen LogP contribution >= 0.6 is 0 Å². The van der Waals surface area contributed by atoms with Crippen molar-refractivity contribution in [1.82, 2.24) is 0 Å². The van der Waals surface area contributed by atoms with Crippen LogP contribution in [-0.2, 0) is 4.79 Å². The zero-order chi connectivity index (χ0) is 10.6. The first-order chi connectivity index (χ1) is 6.72. The van der Waals surface area contributed by atoms with Gasteiger partial charge in [-0.2, -0.15) is 0 Å². The van der Waals surface area contributed by atoms with Gasteiger partial charge in [0.2, 0.25) is 6.29 Å². The number of phenolic OH excluding ortho intramolecular Hbond substituents is 1. The Hall–Kier alpha value is -1.51. The largest absolute Gasteiger partial charge is 0.507 e. The predicted octanol–water partition coefficient (Wildman–Crippen LogP) is 1.70. The molecule has 0 spiro atoms. The fraction of sp³-hybridized carbons (Fsp3) is 0.364. The highest BCUT2D eigenvalue weighted by atomic mass is 16.3. The van der Waals surface area contributed by atoms with Crippen LogP contribution in [0, 0.1) is 0 Å². The topological polar surface area (TPSA) is 40.5 Å². The van der Waals surface area contributed by atoms with E-state index >= 15 is 0 Å². The van der Waals surface area contributed by atoms with E-state index < -0.39 is 0 Å². The zero-order valence-electron chi connectivity index (χ0n) is 8.45. The molecule has 1 rings (SSSR count). The lowest BCUT2D eigenvalue weighted by Gasteiger charge is -2.21. The smallest absolute Gasteiger partial charge is 0.237 e. The van der Waals surface area contributed by atoms with E-state index in [1.54, 1.807) is 18.4 Å². The van der Waals surface area contributed by atoms with Crippen LogP contribution in [0.3, 0.4) is 0 Å². The maximum absolute atomic E-state index is 10.3. The summed E-state index contributed by atoms with van der Waals surface area (Å²) >= 11 is 0. The second-order valence-electron chi connectivity index (χ2n) is 2.98. The summed E-state index contributed by atoms with van der Waals surface area (Å²) in [7, 11) is 0. The van der Waals surface area contributed by atoms with E-state index in [1.165, 1.54) is 0 Å². The minimum Gasteiger partial charge on any atom is -0.507 e. The quantitative estimate of drug-likeness (QED) is 0.789. The lowest BCUT2D eigenvalue weighted by molar-refractivity contribution is 0.472. The Morgan fingerprint density at radius 3 is 2.43 bits per heavy atom. The summed E-state index contributed by atoms with van der Waals surface area (Å²) in [6, 6.07) is 4.98. The van der Waals surface area contributed by atoms with Gasteiger partial charge in [0.25, 0.3) is 0 Å². The number of hydrogen-bond acceptors (Lipinski definition) is 3. The average Bonchev–Trinajstić information content (AvgIpc) is 2.20. The lowest BCUT2D eigenvalue weighted by Crippen LogP contribution is -2.21. The first-order valence-electron chi connectivity index (χ1n) is 4.69. The zero-order valence-corrected chi connectivity index (χ0v) is 8.45. The number of anilines is 1. The Morgan fingerprint density at radius 2 is 2.00 bits per heavy atom. The Kier molecular flexibility index (Phi) is 3.51. The van der Waals surface area contributed by atoms with Crippen molar-refractivity contribution in [2.45, 2.75) is 13.8 Å². The van der Waals surface area contributed by atoms with E-state index in [1.807, 2.05) is 19.9 Å². The Morgan fingerprint density at radius 1 is 1.36 bits per heavy atom. The van der Waals surface area contributed by atoms with Crippen molar-refractivity contribution in [3.63, 3.8) is 0 Å². The molecule has 0 fully saturated rings. The number of carbonyl (C=O) groups excluding carboxylic acids is 1. The van der Waals surface area contributed by atoms with Gasteiger partial charge < -0.3 is 10.0 Å². The maximum Gasteiger partial charge on any atom is 0.237 e. The molecule has 1 aromatic carbocycles. The molecule has 0 aliphatic rings. The van der Waals surface area contributed by atoms with Crippen LogP contribution in [0.1, 0.15) is 19.4 Å². The first kappa shape index (κ1) is 10.6. The van der Waals surface area contributed by atoms with E-state index in [9.17, 15) is 9.90 Å². The van der Waals surface area contributed by atoms with Crippen molar-refractivity contribution >= 4 is 12.0 Å². The molecule has 75 valence electrons. The summed E-state index contributed by atoms with van der Waals surface area (Å²) in [5, 5.41) is 9.44. The molecule has 1 N–H and O–H groups in total. The number of rotatable bonds is 4. The van der Waals surface area contributed by atoms with Gasteiger partial charge in [-0.05, 0) is 26.0 Å². The summed E-state index contributed by atoms with van der Waals surface area (Å²) in [4.78, 5) is 12.4. The summed E-state index contributed by atoms with van der Waals surface area (Å²) in [5.41, 5.74) is 1.13. The summed E-state index contributed by atoms with van der Waals surface area (Å²) < 4.78 is 0. The highest BCUT2D eigenvalue weighted by Gasteiger charge is 2.05. The van der Waals surface area contributed by atoms with Crippen LogP contribution in [0.5, 0.6) is 5.75 Å². The van der Waals surface area contributed by atoms with Crippen molar-refractivity contribution in [2.75, 3.05) is 18.0 Å². The SMILES string of the molecule is CCN(CC)c1ccc([C]=O)c(O)c1. The second-order valence-corrected chi connectivity index (χ2v) is 2.98. The molecule has 14 heavy (non-hydrogen) atoms. The highest BCUT2D eigenvalue weighted by Crippen LogP contribution is 2.23. The molecule has 0 amide bonds. The van der Waals surface area contributed by atoms with Crippen molar-refractivity contribution in [3.05, 3.63) is 23.8 Å². The third kappa shape index (κ3) is 2.05. The van der Waals surface area contributed by atoms with E-state index in [0.717, 1.165) is 18.8 Å². The Labute approximate surface area is 84.0 Å². The van der Waals surface area contributed by atoms with Crippen molar-refractivity contribution < 1.29 is 9.90 Å². The molecule has 0 aliphatic heterocycles. The molecule has 3 nitrogen and oxygen atoms in total. The molecule has 1 radical (unpaired) electrons. The summed E-state index contributed by atoms with van der Waals surface area (Å²) in [6.07, 6.45) is 1.68. The minimum absolute atomic E-state index is 0.00981. The molecule has 3 heteroatoms. The lowest BCUT2D eigenvalue weighted by atomic mass is 10.2. The van der Waals surface area contributed by atoms with Gasteiger partial charge in [-0.25, -0.2) is 0 Å². The highest BCUT2D eigenvalue weighted by molar-refractivity contribution is 5.80. The Balaban J connectivity index is 3.00. The average molecular weight is 192 g/mol. The standard InChI is InChI=1S/C11H14NO2/c1-3-12(4-2)10-6-5-9(8-13)11(14)7-10/h5-7,14H,3-4H2,1-2H3. The van der Waals surface area contributed by atoms with Gasteiger partial charge in [-0.1, -0.05) is 0 Å². The van der Waals surface area contributed by atoms with Crippen LogP contribution in [0.25, 0.3) is 0 Å². The van der Waals surface area contributed by atoms with Crippen LogP contribution in [0.15, 0.2) is 18.2 Å². The van der Waals surface area contributed by atoms with E-state index in [2.05, 4.69) is 4.90 Å². The number of aromatic hydroxyl groups is 1. The fourth-order valence-electron chi connectivity index (χ4n) is 1.39. The van der Waals surface area contributed by atoms with Crippen molar-refractivity contribution in [3.8, 4) is 5.75 Å². The Bertz CT molecular complexity index is 319. The molecular weight excluding hydrogens is 178 g/mol. The molecule has 1 aromatic rings. The first-order valence-corrected chi connectivity index (χ1v) is 4.69. The molecule has 0 atom stereocenters. The monoisotopic (exact) mass is 192 g/mol. The predicted molar refractivity (Wildman–Crippen MR) is 56.5 cm³/mol. The second kappa shape index (κ2) is 4.65. The molecule has 0 aliphatic carbocycles. The van der Waals surface area contributed by atoms with Gasteiger partial charge in [0.1, 0.15) is 5.75 Å². The third-order valence-electron chi connectivity index (χ3n) is 2.22. The van der Waals surface area contributed by atoms with E-state index in [4.69, 9.17) is 0 Å². The van der Waals surface area contributed by atoms with Crippen molar-refractivity contribution in [2.24, 2.45) is 0 Å². The molecular formula is C11H14NO2. The van der Waals surface area contributed by atoms with E-state index in [-0.39, 0.29) is 11.3 Å². The number of benzene rings is 1. The number of phenols is 1.